The molecule has 0 radical (unpaired) electrons. The van der Waals surface area contributed by atoms with E-state index in [-0.39, 0.29) is 29.7 Å². The number of carbonyl (C=O) groups excluding carboxylic acids is 1. The van der Waals surface area contributed by atoms with Crippen LogP contribution >= 0.6 is 11.8 Å². The van der Waals surface area contributed by atoms with Crippen LogP contribution < -0.4 is 10.1 Å². The highest BCUT2D eigenvalue weighted by atomic mass is 32.2. The molecule has 9 nitrogen and oxygen atoms in total. The van der Waals surface area contributed by atoms with Gasteiger partial charge in [-0.25, -0.2) is 0 Å². The second kappa shape index (κ2) is 9.68. The van der Waals surface area contributed by atoms with E-state index in [1.807, 2.05) is 0 Å². The molecule has 0 aliphatic rings. The molecule has 3 rings (SSSR count). The molecule has 0 aliphatic carbocycles. The van der Waals surface area contributed by atoms with Crippen molar-refractivity contribution in [3.8, 4) is 5.75 Å². The third kappa shape index (κ3) is 5.97. The van der Waals surface area contributed by atoms with Gasteiger partial charge in [0.2, 0.25) is 5.91 Å². The van der Waals surface area contributed by atoms with Crippen molar-refractivity contribution in [1.82, 2.24) is 14.8 Å². The number of halogens is 3. The number of amides is 1. The Morgan fingerprint density at radius 2 is 1.94 bits per heavy atom. The van der Waals surface area contributed by atoms with Gasteiger partial charge in [0.25, 0.3) is 5.69 Å². The molecule has 1 heterocycles. The van der Waals surface area contributed by atoms with E-state index in [9.17, 15) is 28.1 Å². The average molecular weight is 467 g/mol. The molecule has 0 atom stereocenters. The van der Waals surface area contributed by atoms with Gasteiger partial charge in [-0.2, -0.15) is 13.2 Å². The fourth-order valence-electron chi connectivity index (χ4n) is 2.50. The van der Waals surface area contributed by atoms with Crippen molar-refractivity contribution < 1.29 is 27.6 Å². The van der Waals surface area contributed by atoms with E-state index in [1.54, 1.807) is 11.6 Å². The van der Waals surface area contributed by atoms with Crippen LogP contribution in [0.3, 0.4) is 0 Å². The minimum atomic E-state index is -4.47. The van der Waals surface area contributed by atoms with Crippen LogP contribution in [0, 0.1) is 10.1 Å². The van der Waals surface area contributed by atoms with Crippen LogP contribution in [0.15, 0.2) is 53.7 Å². The summed E-state index contributed by atoms with van der Waals surface area (Å²) in [6.45, 7) is -0.111. The van der Waals surface area contributed by atoms with Crippen LogP contribution in [0.2, 0.25) is 0 Å². The molecule has 2 aromatic carbocycles. The van der Waals surface area contributed by atoms with Gasteiger partial charge in [0.15, 0.2) is 11.0 Å². The molecule has 1 aromatic heterocycles. The number of nitro benzene ring substituents is 1. The molecule has 32 heavy (non-hydrogen) atoms. The van der Waals surface area contributed by atoms with Crippen LogP contribution in [0.4, 0.5) is 24.5 Å². The Bertz CT molecular complexity index is 1120. The SMILES string of the molecule is Cn1c(COc2cccc(C(F)(F)F)c2)nnc1SCC(=O)Nc1ccc([N+](=O)[O-])cc1. The minimum absolute atomic E-state index is 0.00253. The highest BCUT2D eigenvalue weighted by Crippen LogP contribution is 2.31. The number of rotatable bonds is 8. The average Bonchev–Trinajstić information content (AvgIpc) is 3.10. The van der Waals surface area contributed by atoms with Gasteiger partial charge in [0.1, 0.15) is 12.4 Å². The number of carbonyl (C=O) groups is 1. The lowest BCUT2D eigenvalue weighted by Gasteiger charge is -2.10. The Balaban J connectivity index is 1.53. The van der Waals surface area contributed by atoms with Gasteiger partial charge >= 0.3 is 6.18 Å². The fraction of sp³-hybridized carbons (Fsp3) is 0.211. The Morgan fingerprint density at radius 3 is 2.59 bits per heavy atom. The van der Waals surface area contributed by atoms with Crippen LogP contribution in [0.1, 0.15) is 11.4 Å². The van der Waals surface area contributed by atoms with E-state index >= 15 is 0 Å². The molecule has 1 amide bonds. The van der Waals surface area contributed by atoms with Crippen LogP contribution in [0.25, 0.3) is 0 Å². The quantitative estimate of drug-likeness (QED) is 0.302. The minimum Gasteiger partial charge on any atom is -0.486 e. The summed E-state index contributed by atoms with van der Waals surface area (Å²) >= 11 is 1.10. The molecule has 0 saturated carbocycles. The third-order valence-electron chi connectivity index (χ3n) is 4.15. The first-order valence-corrected chi connectivity index (χ1v) is 9.97. The molecule has 0 aliphatic heterocycles. The molecule has 3 aromatic rings. The van der Waals surface area contributed by atoms with Crippen molar-refractivity contribution >= 4 is 29.0 Å². The summed E-state index contributed by atoms with van der Waals surface area (Å²) in [6, 6.07) is 9.91. The number of anilines is 1. The van der Waals surface area contributed by atoms with E-state index in [0.29, 0.717) is 16.7 Å². The predicted molar refractivity (Wildman–Crippen MR) is 109 cm³/mol. The number of aromatic nitrogens is 3. The molecule has 0 spiro atoms. The molecule has 13 heteroatoms. The van der Waals surface area contributed by atoms with E-state index < -0.39 is 16.7 Å². The van der Waals surface area contributed by atoms with Gasteiger partial charge in [-0.15, -0.1) is 10.2 Å². The predicted octanol–water partition coefficient (Wildman–Crippen LogP) is 4.05. The second-order valence-corrected chi connectivity index (χ2v) is 7.36. The summed E-state index contributed by atoms with van der Waals surface area (Å²) in [4.78, 5) is 22.2. The van der Waals surface area contributed by atoms with Gasteiger partial charge < -0.3 is 14.6 Å². The number of thioether (sulfide) groups is 1. The van der Waals surface area contributed by atoms with Gasteiger partial charge in [0.05, 0.1) is 16.2 Å². The first kappa shape index (κ1) is 23.1. The van der Waals surface area contributed by atoms with Gasteiger partial charge in [-0.05, 0) is 30.3 Å². The Kier molecular flexibility index (Phi) is 6.98. The number of nitro groups is 1. The zero-order chi connectivity index (χ0) is 23.3. The van der Waals surface area contributed by atoms with Gasteiger partial charge in [-0.3, -0.25) is 14.9 Å². The number of hydrogen-bond acceptors (Lipinski definition) is 7. The Morgan fingerprint density at radius 1 is 1.22 bits per heavy atom. The van der Waals surface area contributed by atoms with Gasteiger partial charge in [-0.1, -0.05) is 17.8 Å². The summed E-state index contributed by atoms with van der Waals surface area (Å²) in [6.07, 6.45) is -4.47. The maximum atomic E-state index is 12.8. The largest absolute Gasteiger partial charge is 0.486 e. The maximum Gasteiger partial charge on any atom is 0.416 e. The van der Waals surface area contributed by atoms with Crippen LogP contribution in [0.5, 0.6) is 5.75 Å². The fourth-order valence-corrected chi connectivity index (χ4v) is 3.23. The smallest absolute Gasteiger partial charge is 0.416 e. The normalized spacial score (nSPS) is 11.2. The van der Waals surface area contributed by atoms with Crippen molar-refractivity contribution in [3.05, 3.63) is 70.0 Å². The number of benzene rings is 2. The molecular weight excluding hydrogens is 451 g/mol. The summed E-state index contributed by atoms with van der Waals surface area (Å²) in [5, 5.41) is 21.6. The number of nitrogens with zero attached hydrogens (tertiary/aromatic N) is 4. The molecule has 1 N–H and O–H groups in total. The highest BCUT2D eigenvalue weighted by molar-refractivity contribution is 7.99. The Hall–Kier alpha value is -3.61. The van der Waals surface area contributed by atoms with Crippen molar-refractivity contribution in [1.29, 1.82) is 0 Å². The van der Waals surface area contributed by atoms with E-state index in [4.69, 9.17) is 4.74 Å². The molecule has 0 fully saturated rings. The lowest BCUT2D eigenvalue weighted by molar-refractivity contribution is -0.384. The third-order valence-corrected chi connectivity index (χ3v) is 5.17. The first-order chi connectivity index (χ1) is 15.1. The highest BCUT2D eigenvalue weighted by Gasteiger charge is 2.30. The number of ether oxygens (including phenoxy) is 1. The number of non-ortho nitro benzene ring substituents is 1. The monoisotopic (exact) mass is 467 g/mol. The number of alkyl halides is 3. The Labute approximate surface area is 183 Å². The van der Waals surface area contributed by atoms with E-state index in [1.165, 1.54) is 36.4 Å². The summed E-state index contributed by atoms with van der Waals surface area (Å²) in [5.41, 5.74) is -0.492. The maximum absolute atomic E-state index is 12.8. The lowest BCUT2D eigenvalue weighted by atomic mass is 10.2. The molecule has 0 bridgehead atoms. The van der Waals surface area contributed by atoms with E-state index in [2.05, 4.69) is 15.5 Å². The van der Waals surface area contributed by atoms with Gasteiger partial charge in [0, 0.05) is 24.9 Å². The lowest BCUT2D eigenvalue weighted by Crippen LogP contribution is -2.14. The molecular formula is C19H16F3N5O4S. The van der Waals surface area contributed by atoms with Crippen molar-refractivity contribution in [2.24, 2.45) is 7.05 Å². The number of nitrogens with one attached hydrogen (secondary N) is 1. The van der Waals surface area contributed by atoms with Crippen molar-refractivity contribution in [2.75, 3.05) is 11.1 Å². The number of hydrogen-bond donors (Lipinski definition) is 1. The first-order valence-electron chi connectivity index (χ1n) is 8.99. The molecule has 168 valence electrons. The van der Waals surface area contributed by atoms with Crippen molar-refractivity contribution in [3.63, 3.8) is 0 Å². The molecule has 0 saturated heterocycles. The zero-order valence-corrected chi connectivity index (χ0v) is 17.3. The van der Waals surface area contributed by atoms with Crippen LogP contribution in [-0.4, -0.2) is 31.3 Å². The standard InChI is InChI=1S/C19H16F3N5O4S/c1-26-16(10-31-15-4-2-3-12(9-15)19(20,21)22)24-25-18(26)32-11-17(28)23-13-5-7-14(8-6-13)27(29)30/h2-9H,10-11H2,1H3,(H,23,28). The summed E-state index contributed by atoms with van der Waals surface area (Å²) in [5.74, 6) is 0.0473. The van der Waals surface area contributed by atoms with E-state index in [0.717, 1.165) is 23.9 Å². The summed E-state index contributed by atoms with van der Waals surface area (Å²) in [7, 11) is 1.64. The molecule has 0 unspecified atom stereocenters. The summed E-state index contributed by atoms with van der Waals surface area (Å²) < 4.78 is 45.3. The van der Waals surface area contributed by atoms with Crippen molar-refractivity contribution in [2.45, 2.75) is 17.9 Å². The second-order valence-electron chi connectivity index (χ2n) is 6.41. The zero-order valence-electron chi connectivity index (χ0n) is 16.5. The van der Waals surface area contributed by atoms with Crippen LogP contribution in [-0.2, 0) is 24.6 Å². The topological polar surface area (TPSA) is 112 Å².